The Hall–Kier alpha value is -1.32. The summed E-state index contributed by atoms with van der Waals surface area (Å²) < 4.78 is 0. The third-order valence-electron chi connectivity index (χ3n) is 2.02. The molecular formula is C8H10O4. The Labute approximate surface area is 69.5 Å². The molecule has 0 saturated heterocycles. The molecule has 12 heavy (non-hydrogen) atoms. The molecule has 0 aromatic carbocycles. The van der Waals surface area contributed by atoms with Crippen LogP contribution >= 0.6 is 0 Å². The van der Waals surface area contributed by atoms with Crippen molar-refractivity contribution < 1.29 is 19.8 Å². The van der Waals surface area contributed by atoms with Crippen LogP contribution in [0.15, 0.2) is 12.2 Å². The van der Waals surface area contributed by atoms with Gasteiger partial charge in [-0.15, -0.1) is 0 Å². The Morgan fingerprint density at radius 1 is 1.25 bits per heavy atom. The van der Waals surface area contributed by atoms with Gasteiger partial charge in [0.05, 0.1) is 11.8 Å². The van der Waals surface area contributed by atoms with Gasteiger partial charge in [0.25, 0.3) is 0 Å². The van der Waals surface area contributed by atoms with Gasteiger partial charge >= 0.3 is 11.9 Å². The Kier molecular flexibility index (Phi) is 2.47. The zero-order valence-electron chi connectivity index (χ0n) is 6.43. The summed E-state index contributed by atoms with van der Waals surface area (Å²) in [4.78, 5) is 21.1. The molecule has 0 spiro atoms. The van der Waals surface area contributed by atoms with E-state index >= 15 is 0 Å². The van der Waals surface area contributed by atoms with Crippen LogP contribution in [-0.4, -0.2) is 22.2 Å². The zero-order chi connectivity index (χ0) is 9.14. The topological polar surface area (TPSA) is 74.6 Å². The molecule has 0 aliphatic heterocycles. The first-order chi connectivity index (χ1) is 5.63. The van der Waals surface area contributed by atoms with Crippen LogP contribution in [0.4, 0.5) is 0 Å². The predicted octanol–water partition coefficient (Wildman–Crippen LogP) is 0.738. The summed E-state index contributed by atoms with van der Waals surface area (Å²) in [6, 6.07) is 0. The Morgan fingerprint density at radius 3 is 2.33 bits per heavy atom. The van der Waals surface area contributed by atoms with Crippen LogP contribution in [0, 0.1) is 11.8 Å². The van der Waals surface area contributed by atoms with Gasteiger partial charge in [-0.1, -0.05) is 12.2 Å². The second kappa shape index (κ2) is 3.38. The maximum absolute atomic E-state index is 10.6. The van der Waals surface area contributed by atoms with Gasteiger partial charge in [0.1, 0.15) is 0 Å². The number of aliphatic carboxylic acids is 2. The fourth-order valence-corrected chi connectivity index (χ4v) is 1.36. The number of carboxylic acid groups (broad SMARTS) is 2. The van der Waals surface area contributed by atoms with Crippen LogP contribution in [0.5, 0.6) is 0 Å². The van der Waals surface area contributed by atoms with Gasteiger partial charge < -0.3 is 10.2 Å². The Balaban J connectivity index is 2.79. The average molecular weight is 170 g/mol. The molecule has 4 nitrogen and oxygen atoms in total. The zero-order valence-corrected chi connectivity index (χ0v) is 6.43. The summed E-state index contributed by atoms with van der Waals surface area (Å²) in [5.41, 5.74) is 0. The lowest BCUT2D eigenvalue weighted by Crippen LogP contribution is -2.30. The quantitative estimate of drug-likeness (QED) is 0.599. The van der Waals surface area contributed by atoms with Gasteiger partial charge in [0.15, 0.2) is 0 Å². The molecule has 1 aliphatic rings. The number of rotatable bonds is 2. The summed E-state index contributed by atoms with van der Waals surface area (Å²) >= 11 is 0. The molecule has 0 heterocycles. The minimum atomic E-state index is -1.06. The summed E-state index contributed by atoms with van der Waals surface area (Å²) in [5, 5.41) is 17.3. The lowest BCUT2D eigenvalue weighted by molar-refractivity contribution is -0.152. The van der Waals surface area contributed by atoms with E-state index in [4.69, 9.17) is 10.2 Å². The van der Waals surface area contributed by atoms with E-state index in [1.54, 1.807) is 6.08 Å². The first-order valence-electron chi connectivity index (χ1n) is 3.75. The predicted molar refractivity (Wildman–Crippen MR) is 40.6 cm³/mol. The van der Waals surface area contributed by atoms with Crippen LogP contribution in [0.3, 0.4) is 0 Å². The average Bonchev–Trinajstić information content (AvgIpc) is 2.04. The molecule has 66 valence electrons. The van der Waals surface area contributed by atoms with Crippen molar-refractivity contribution in [3.63, 3.8) is 0 Å². The van der Waals surface area contributed by atoms with E-state index in [9.17, 15) is 9.59 Å². The normalized spacial score (nSPS) is 28.3. The van der Waals surface area contributed by atoms with Crippen molar-refractivity contribution in [1.82, 2.24) is 0 Å². The molecule has 2 N–H and O–H groups in total. The van der Waals surface area contributed by atoms with E-state index < -0.39 is 23.8 Å². The van der Waals surface area contributed by atoms with Gasteiger partial charge in [0.2, 0.25) is 0 Å². The molecule has 0 saturated carbocycles. The van der Waals surface area contributed by atoms with E-state index in [0.717, 1.165) is 0 Å². The summed E-state index contributed by atoms with van der Waals surface area (Å²) in [6.45, 7) is 0. The number of allylic oxidation sites excluding steroid dienone is 1. The maximum Gasteiger partial charge on any atom is 0.311 e. The molecule has 1 aliphatic carbocycles. The standard InChI is InChI=1S/C8H10O4/c9-7(10)5-3-1-2-4-6(5)8(11)12/h1,3,5-6H,2,4H2,(H,9,10)(H,11,12)/t5-,6+/m0/s1. The largest absolute Gasteiger partial charge is 0.481 e. The van der Waals surface area contributed by atoms with Gasteiger partial charge in [-0.05, 0) is 12.8 Å². The lowest BCUT2D eigenvalue weighted by atomic mass is 9.84. The van der Waals surface area contributed by atoms with Gasteiger partial charge in [-0.3, -0.25) is 9.59 Å². The van der Waals surface area contributed by atoms with Crippen molar-refractivity contribution in [1.29, 1.82) is 0 Å². The Bertz CT molecular complexity index is 231. The van der Waals surface area contributed by atoms with E-state index in [2.05, 4.69) is 0 Å². The van der Waals surface area contributed by atoms with E-state index in [1.807, 2.05) is 0 Å². The molecular weight excluding hydrogens is 160 g/mol. The highest BCUT2D eigenvalue weighted by Gasteiger charge is 2.32. The second-order valence-electron chi connectivity index (χ2n) is 2.81. The van der Waals surface area contributed by atoms with Crippen LogP contribution in [-0.2, 0) is 9.59 Å². The molecule has 0 aromatic heterocycles. The fraction of sp³-hybridized carbons (Fsp3) is 0.500. The number of carboxylic acids is 2. The number of hydrogen-bond donors (Lipinski definition) is 2. The van der Waals surface area contributed by atoms with Crippen molar-refractivity contribution in [2.75, 3.05) is 0 Å². The van der Waals surface area contributed by atoms with Crippen molar-refractivity contribution >= 4 is 11.9 Å². The summed E-state index contributed by atoms with van der Waals surface area (Å²) in [7, 11) is 0. The van der Waals surface area contributed by atoms with Gasteiger partial charge in [-0.25, -0.2) is 0 Å². The summed E-state index contributed by atoms with van der Waals surface area (Å²) in [6.07, 6.45) is 4.26. The molecule has 4 heteroatoms. The molecule has 0 radical (unpaired) electrons. The Morgan fingerprint density at radius 2 is 1.92 bits per heavy atom. The third kappa shape index (κ3) is 1.64. The second-order valence-corrected chi connectivity index (χ2v) is 2.81. The lowest BCUT2D eigenvalue weighted by Gasteiger charge is -2.19. The van der Waals surface area contributed by atoms with Crippen molar-refractivity contribution in [3.05, 3.63) is 12.2 Å². The number of hydrogen-bond acceptors (Lipinski definition) is 2. The first-order valence-corrected chi connectivity index (χ1v) is 3.75. The maximum atomic E-state index is 10.6. The molecule has 0 unspecified atom stereocenters. The van der Waals surface area contributed by atoms with E-state index in [1.165, 1.54) is 6.08 Å². The summed E-state index contributed by atoms with van der Waals surface area (Å²) in [5.74, 6) is -3.69. The van der Waals surface area contributed by atoms with Crippen LogP contribution in [0.25, 0.3) is 0 Å². The minimum absolute atomic E-state index is 0.419. The van der Waals surface area contributed by atoms with Crippen LogP contribution in [0.2, 0.25) is 0 Å². The molecule has 0 fully saturated rings. The highest BCUT2D eigenvalue weighted by molar-refractivity contribution is 5.81. The van der Waals surface area contributed by atoms with Crippen molar-refractivity contribution in [3.8, 4) is 0 Å². The minimum Gasteiger partial charge on any atom is -0.481 e. The molecule has 0 aromatic rings. The number of carbonyl (C=O) groups is 2. The molecule has 0 bridgehead atoms. The molecule has 0 amide bonds. The fourth-order valence-electron chi connectivity index (χ4n) is 1.36. The van der Waals surface area contributed by atoms with Gasteiger partial charge in [0, 0.05) is 0 Å². The smallest absolute Gasteiger partial charge is 0.311 e. The molecule has 1 rings (SSSR count). The highest BCUT2D eigenvalue weighted by Crippen LogP contribution is 2.24. The van der Waals surface area contributed by atoms with Crippen molar-refractivity contribution in [2.24, 2.45) is 11.8 Å². The monoisotopic (exact) mass is 170 g/mol. The first kappa shape index (κ1) is 8.77. The SMILES string of the molecule is O=C(O)[C@H]1C=CCC[C@H]1C(=O)O. The van der Waals surface area contributed by atoms with E-state index in [-0.39, 0.29) is 0 Å². The van der Waals surface area contributed by atoms with Gasteiger partial charge in [-0.2, -0.15) is 0 Å². The highest BCUT2D eigenvalue weighted by atomic mass is 16.4. The van der Waals surface area contributed by atoms with Crippen LogP contribution < -0.4 is 0 Å². The van der Waals surface area contributed by atoms with E-state index in [0.29, 0.717) is 12.8 Å². The third-order valence-corrected chi connectivity index (χ3v) is 2.02. The van der Waals surface area contributed by atoms with Crippen LogP contribution in [0.1, 0.15) is 12.8 Å². The van der Waals surface area contributed by atoms with Crippen molar-refractivity contribution in [2.45, 2.75) is 12.8 Å². The molecule has 2 atom stereocenters.